The minimum absolute atomic E-state index is 0. The van der Waals surface area contributed by atoms with Crippen molar-refractivity contribution in [3.63, 3.8) is 0 Å². The van der Waals surface area contributed by atoms with Gasteiger partial charge in [0, 0.05) is 0 Å². The van der Waals surface area contributed by atoms with Crippen molar-refractivity contribution < 1.29 is 9.53 Å². The van der Waals surface area contributed by atoms with Gasteiger partial charge in [0.1, 0.15) is 11.6 Å². The number of carbonyl (C=O) groups excluding carboxylic acids is 1. The van der Waals surface area contributed by atoms with Gasteiger partial charge in [-0.25, -0.2) is 0 Å². The average Bonchev–Trinajstić information content (AvgIpc) is 2.15. The SMILES string of the molecule is CC(C)(C)OC(=O)C(N)C1CCCCC1.Cl. The lowest BCUT2D eigenvalue weighted by atomic mass is 9.84. The molecule has 2 N–H and O–H groups in total. The minimum Gasteiger partial charge on any atom is -0.459 e. The van der Waals surface area contributed by atoms with Gasteiger partial charge in [0.25, 0.3) is 0 Å². The monoisotopic (exact) mass is 249 g/mol. The lowest BCUT2D eigenvalue weighted by Gasteiger charge is -2.29. The predicted octanol–water partition coefficient (Wildman–Crippen LogP) is 2.66. The molecule has 0 aliphatic heterocycles. The lowest BCUT2D eigenvalue weighted by Crippen LogP contribution is -2.43. The Morgan fingerprint density at radius 3 is 2.19 bits per heavy atom. The Kier molecular flexibility index (Phi) is 6.34. The van der Waals surface area contributed by atoms with Crippen LogP contribution in [0.15, 0.2) is 0 Å². The highest BCUT2D eigenvalue weighted by Gasteiger charge is 2.29. The summed E-state index contributed by atoms with van der Waals surface area (Å²) in [4.78, 5) is 11.7. The summed E-state index contributed by atoms with van der Waals surface area (Å²) in [5, 5.41) is 0. The smallest absolute Gasteiger partial charge is 0.323 e. The van der Waals surface area contributed by atoms with Gasteiger partial charge in [0.2, 0.25) is 0 Å². The van der Waals surface area contributed by atoms with E-state index in [1.165, 1.54) is 19.3 Å². The second-order valence-corrected chi connectivity index (χ2v) is 5.46. The molecule has 0 amide bonds. The first-order chi connectivity index (χ1) is 6.90. The molecule has 1 aliphatic carbocycles. The number of carbonyl (C=O) groups is 1. The summed E-state index contributed by atoms with van der Waals surface area (Å²) in [6.07, 6.45) is 5.81. The number of hydrogen-bond acceptors (Lipinski definition) is 3. The van der Waals surface area contributed by atoms with E-state index >= 15 is 0 Å². The topological polar surface area (TPSA) is 52.3 Å². The van der Waals surface area contributed by atoms with Crippen LogP contribution in [0.25, 0.3) is 0 Å². The standard InChI is InChI=1S/C12H23NO2.ClH/c1-12(2,3)15-11(14)10(13)9-7-5-4-6-8-9;/h9-10H,4-8,13H2,1-3H3;1H. The third kappa shape index (κ3) is 5.17. The van der Waals surface area contributed by atoms with Gasteiger partial charge in [-0.05, 0) is 39.5 Å². The van der Waals surface area contributed by atoms with Crippen LogP contribution in [0.5, 0.6) is 0 Å². The van der Waals surface area contributed by atoms with Crippen LogP contribution in [0.4, 0.5) is 0 Å². The maximum absolute atomic E-state index is 11.7. The number of hydrogen-bond donors (Lipinski definition) is 1. The number of halogens is 1. The molecule has 0 saturated heterocycles. The molecule has 1 atom stereocenters. The van der Waals surface area contributed by atoms with Crippen LogP contribution in [0.2, 0.25) is 0 Å². The van der Waals surface area contributed by atoms with Crippen LogP contribution < -0.4 is 5.73 Å². The molecule has 4 heteroatoms. The molecular weight excluding hydrogens is 226 g/mol. The fourth-order valence-corrected chi connectivity index (χ4v) is 2.06. The van der Waals surface area contributed by atoms with Gasteiger partial charge in [-0.3, -0.25) is 4.79 Å². The van der Waals surface area contributed by atoms with Crippen LogP contribution in [-0.4, -0.2) is 17.6 Å². The third-order valence-corrected chi connectivity index (χ3v) is 2.84. The molecule has 1 rings (SSSR count). The van der Waals surface area contributed by atoms with Crippen molar-refractivity contribution in [2.75, 3.05) is 0 Å². The zero-order chi connectivity index (χ0) is 11.5. The minimum atomic E-state index is -0.427. The summed E-state index contributed by atoms with van der Waals surface area (Å²) >= 11 is 0. The molecule has 0 aromatic heterocycles. The third-order valence-electron chi connectivity index (χ3n) is 2.84. The molecule has 0 radical (unpaired) electrons. The van der Waals surface area contributed by atoms with Crippen LogP contribution >= 0.6 is 12.4 Å². The van der Waals surface area contributed by atoms with Crippen LogP contribution in [0.1, 0.15) is 52.9 Å². The fraction of sp³-hybridized carbons (Fsp3) is 0.917. The van der Waals surface area contributed by atoms with Crippen molar-refractivity contribution in [3.05, 3.63) is 0 Å². The predicted molar refractivity (Wildman–Crippen MR) is 67.6 cm³/mol. The van der Waals surface area contributed by atoms with E-state index in [4.69, 9.17) is 10.5 Å². The number of rotatable bonds is 2. The van der Waals surface area contributed by atoms with E-state index in [1.54, 1.807) is 0 Å². The Labute approximate surface area is 105 Å². The van der Waals surface area contributed by atoms with E-state index in [-0.39, 0.29) is 18.4 Å². The number of esters is 1. The molecule has 1 saturated carbocycles. The Morgan fingerprint density at radius 2 is 1.75 bits per heavy atom. The van der Waals surface area contributed by atoms with Crippen LogP contribution in [-0.2, 0) is 9.53 Å². The largest absolute Gasteiger partial charge is 0.459 e. The quantitative estimate of drug-likeness (QED) is 0.766. The van der Waals surface area contributed by atoms with Crippen molar-refractivity contribution in [1.29, 1.82) is 0 Å². The first kappa shape index (κ1) is 15.7. The summed E-state index contributed by atoms with van der Waals surface area (Å²) in [6, 6.07) is -0.426. The maximum Gasteiger partial charge on any atom is 0.323 e. The van der Waals surface area contributed by atoms with Crippen molar-refractivity contribution in [3.8, 4) is 0 Å². The van der Waals surface area contributed by atoms with Gasteiger partial charge in [0.05, 0.1) is 0 Å². The first-order valence-corrected chi connectivity index (χ1v) is 5.88. The van der Waals surface area contributed by atoms with Crippen molar-refractivity contribution in [2.24, 2.45) is 11.7 Å². The zero-order valence-corrected chi connectivity index (χ0v) is 11.3. The van der Waals surface area contributed by atoms with Gasteiger partial charge in [-0.2, -0.15) is 0 Å². The zero-order valence-electron chi connectivity index (χ0n) is 10.5. The van der Waals surface area contributed by atoms with Gasteiger partial charge >= 0.3 is 5.97 Å². The van der Waals surface area contributed by atoms with Crippen LogP contribution in [0, 0.1) is 5.92 Å². The van der Waals surface area contributed by atoms with E-state index in [2.05, 4.69) is 0 Å². The molecule has 1 fully saturated rings. The molecular formula is C12H24ClNO2. The molecule has 0 heterocycles. The van der Waals surface area contributed by atoms with E-state index in [0.717, 1.165) is 12.8 Å². The van der Waals surface area contributed by atoms with Gasteiger partial charge in [-0.15, -0.1) is 12.4 Å². The van der Waals surface area contributed by atoms with Crippen molar-refractivity contribution in [1.82, 2.24) is 0 Å². The summed E-state index contributed by atoms with van der Waals surface area (Å²) in [5.74, 6) is 0.0861. The fourth-order valence-electron chi connectivity index (χ4n) is 2.06. The highest BCUT2D eigenvalue weighted by atomic mass is 35.5. The molecule has 1 aliphatic rings. The summed E-state index contributed by atoms with van der Waals surface area (Å²) < 4.78 is 5.29. The average molecular weight is 250 g/mol. The molecule has 1 unspecified atom stereocenters. The second-order valence-electron chi connectivity index (χ2n) is 5.46. The maximum atomic E-state index is 11.7. The van der Waals surface area contributed by atoms with E-state index in [1.807, 2.05) is 20.8 Å². The molecule has 16 heavy (non-hydrogen) atoms. The molecule has 0 spiro atoms. The highest BCUT2D eigenvalue weighted by Crippen LogP contribution is 2.26. The van der Waals surface area contributed by atoms with Gasteiger partial charge in [0.15, 0.2) is 0 Å². The summed E-state index contributed by atoms with van der Waals surface area (Å²) in [6.45, 7) is 5.62. The molecule has 3 nitrogen and oxygen atoms in total. The Bertz CT molecular complexity index is 220. The van der Waals surface area contributed by atoms with E-state index in [0.29, 0.717) is 5.92 Å². The highest BCUT2D eigenvalue weighted by molar-refractivity contribution is 5.85. The van der Waals surface area contributed by atoms with Crippen molar-refractivity contribution in [2.45, 2.75) is 64.5 Å². The molecule has 0 aromatic carbocycles. The second kappa shape index (κ2) is 6.45. The van der Waals surface area contributed by atoms with E-state index < -0.39 is 11.6 Å². The summed E-state index contributed by atoms with van der Waals surface area (Å²) in [5.41, 5.74) is 5.50. The Hall–Kier alpha value is -0.280. The van der Waals surface area contributed by atoms with E-state index in [9.17, 15) is 4.79 Å². The van der Waals surface area contributed by atoms with Gasteiger partial charge in [-0.1, -0.05) is 19.3 Å². The number of nitrogens with two attached hydrogens (primary N) is 1. The molecule has 0 bridgehead atoms. The molecule has 96 valence electrons. The summed E-state index contributed by atoms with van der Waals surface area (Å²) in [7, 11) is 0. The van der Waals surface area contributed by atoms with Crippen molar-refractivity contribution >= 4 is 18.4 Å². The normalized spacial score (nSPS) is 19.8. The molecule has 0 aromatic rings. The Morgan fingerprint density at radius 1 is 1.25 bits per heavy atom. The lowest BCUT2D eigenvalue weighted by molar-refractivity contribution is -0.158. The number of ether oxygens (including phenoxy) is 1. The Balaban J connectivity index is 0.00000225. The first-order valence-electron chi connectivity index (χ1n) is 5.88. The van der Waals surface area contributed by atoms with Gasteiger partial charge < -0.3 is 10.5 Å². The van der Waals surface area contributed by atoms with Crippen LogP contribution in [0.3, 0.4) is 0 Å².